The van der Waals surface area contributed by atoms with E-state index in [1.54, 1.807) is 13.0 Å². The fourth-order valence-electron chi connectivity index (χ4n) is 3.52. The molecule has 11 nitrogen and oxygen atoms in total. The van der Waals surface area contributed by atoms with Gasteiger partial charge in [-0.3, -0.25) is 14.2 Å². The number of aliphatic hydroxyl groups is 1. The van der Waals surface area contributed by atoms with E-state index in [1.165, 1.54) is 33.9 Å². The first-order chi connectivity index (χ1) is 15.8. The molecule has 5 rings (SSSR count). The Morgan fingerprint density at radius 2 is 2.18 bits per heavy atom. The molecule has 0 fully saturated rings. The zero-order chi connectivity index (χ0) is 23.3. The highest BCUT2D eigenvalue weighted by molar-refractivity contribution is 7.20. The third-order valence-corrected chi connectivity index (χ3v) is 6.32. The summed E-state index contributed by atoms with van der Waals surface area (Å²) in [5, 5.41) is 23.3. The highest BCUT2D eigenvalue weighted by Gasteiger charge is 2.19. The zero-order valence-corrected chi connectivity index (χ0v) is 17.9. The van der Waals surface area contributed by atoms with E-state index in [4.69, 9.17) is 10.2 Å². The van der Waals surface area contributed by atoms with Crippen molar-refractivity contribution < 1.29 is 18.7 Å². The molecule has 0 aliphatic carbocycles. The first-order valence-corrected chi connectivity index (χ1v) is 10.5. The maximum atomic E-state index is 13.4. The lowest BCUT2D eigenvalue weighted by atomic mass is 10.2. The minimum atomic E-state index is -1.09. The molecule has 1 amide bonds. The number of aromatic nitrogens is 6. The summed E-state index contributed by atoms with van der Waals surface area (Å²) in [7, 11) is 0. The van der Waals surface area contributed by atoms with Gasteiger partial charge in [0.1, 0.15) is 28.1 Å². The molecule has 5 aromatic rings. The number of rotatable bonds is 6. The number of nitrogens with two attached hydrogens (primary N) is 1. The van der Waals surface area contributed by atoms with Crippen LogP contribution in [0.3, 0.4) is 0 Å². The van der Waals surface area contributed by atoms with E-state index >= 15 is 0 Å². The average molecular weight is 469 g/mol. The molecule has 4 aromatic heterocycles. The number of furan rings is 1. The number of nitrogens with zero attached hydrogens (tertiary/aromatic N) is 6. The van der Waals surface area contributed by atoms with Gasteiger partial charge in [0.05, 0.1) is 29.7 Å². The normalized spacial score (nSPS) is 12.6. The molecule has 168 valence electrons. The van der Waals surface area contributed by atoms with Crippen LogP contribution < -0.4 is 11.3 Å². The summed E-state index contributed by atoms with van der Waals surface area (Å²) in [5.41, 5.74) is 5.94. The van der Waals surface area contributed by atoms with Gasteiger partial charge >= 0.3 is 0 Å². The van der Waals surface area contributed by atoms with E-state index in [0.717, 1.165) is 11.3 Å². The predicted molar refractivity (Wildman–Crippen MR) is 115 cm³/mol. The molecule has 0 unspecified atom stereocenters. The van der Waals surface area contributed by atoms with Crippen LogP contribution in [0, 0.1) is 12.7 Å². The average Bonchev–Trinajstić information content (AvgIpc) is 3.47. The molecular formula is C20H16FN7O4S. The Balaban J connectivity index is 1.36. The summed E-state index contributed by atoms with van der Waals surface area (Å²) in [4.78, 5) is 30.6. The van der Waals surface area contributed by atoms with Gasteiger partial charge in [-0.05, 0) is 42.0 Å². The summed E-state index contributed by atoms with van der Waals surface area (Å²) >= 11 is 1.07. The van der Waals surface area contributed by atoms with Crippen LogP contribution in [0.4, 0.5) is 4.39 Å². The number of carbonyl (C=O) groups is 1. The van der Waals surface area contributed by atoms with Crippen molar-refractivity contribution in [1.82, 2.24) is 29.8 Å². The van der Waals surface area contributed by atoms with Gasteiger partial charge in [-0.2, -0.15) is 4.80 Å². The Morgan fingerprint density at radius 1 is 1.36 bits per heavy atom. The fraction of sp³-hybridized carbons (Fsp3) is 0.200. The largest absolute Gasteiger partial charge is 0.458 e. The third kappa shape index (κ3) is 3.76. The summed E-state index contributed by atoms with van der Waals surface area (Å²) < 4.78 is 20.2. The van der Waals surface area contributed by atoms with Crippen LogP contribution in [0.5, 0.6) is 0 Å². The van der Waals surface area contributed by atoms with Crippen LogP contribution in [0.25, 0.3) is 21.2 Å². The number of thiophene rings is 1. The highest BCUT2D eigenvalue weighted by Crippen LogP contribution is 2.27. The number of hydrogen-bond acceptors (Lipinski definition) is 9. The molecule has 0 spiro atoms. The van der Waals surface area contributed by atoms with Crippen molar-refractivity contribution in [2.45, 2.75) is 26.1 Å². The molecule has 0 saturated carbocycles. The van der Waals surface area contributed by atoms with E-state index < -0.39 is 17.8 Å². The van der Waals surface area contributed by atoms with Crippen molar-refractivity contribution in [3.8, 4) is 0 Å². The van der Waals surface area contributed by atoms with Gasteiger partial charge in [-0.15, -0.1) is 21.5 Å². The smallest absolute Gasteiger partial charge is 0.262 e. The number of carbonyl (C=O) groups excluding carboxylic acids is 1. The Bertz CT molecular complexity index is 1580. The molecule has 3 N–H and O–H groups in total. The van der Waals surface area contributed by atoms with Crippen molar-refractivity contribution in [3.05, 3.63) is 68.8 Å². The van der Waals surface area contributed by atoms with Gasteiger partial charge in [-0.1, -0.05) is 0 Å². The van der Waals surface area contributed by atoms with Gasteiger partial charge in [0, 0.05) is 5.39 Å². The molecule has 1 atom stereocenters. The monoisotopic (exact) mass is 469 g/mol. The first-order valence-electron chi connectivity index (χ1n) is 9.72. The minimum absolute atomic E-state index is 0.0109. The third-order valence-electron chi connectivity index (χ3n) is 5.11. The van der Waals surface area contributed by atoms with Crippen LogP contribution in [0.15, 0.2) is 39.8 Å². The van der Waals surface area contributed by atoms with Crippen LogP contribution in [0.2, 0.25) is 0 Å². The lowest BCUT2D eigenvalue weighted by Gasteiger charge is -2.05. The minimum Gasteiger partial charge on any atom is -0.458 e. The topological polar surface area (TPSA) is 155 Å². The summed E-state index contributed by atoms with van der Waals surface area (Å²) in [5.74, 6) is -0.559. The molecule has 13 heteroatoms. The molecule has 0 aliphatic rings. The molecule has 0 bridgehead atoms. The Hall–Kier alpha value is -3.97. The number of aryl methyl sites for hydroxylation is 1. The van der Waals surface area contributed by atoms with Gasteiger partial charge in [0.15, 0.2) is 5.82 Å². The van der Waals surface area contributed by atoms with Crippen LogP contribution in [-0.4, -0.2) is 40.8 Å². The number of amides is 1. The molecule has 0 saturated heterocycles. The lowest BCUT2D eigenvalue weighted by molar-refractivity contribution is 0.100. The first kappa shape index (κ1) is 20.9. The Kier molecular flexibility index (Phi) is 4.98. The van der Waals surface area contributed by atoms with Crippen molar-refractivity contribution in [1.29, 1.82) is 0 Å². The fourth-order valence-corrected chi connectivity index (χ4v) is 4.51. The molecule has 33 heavy (non-hydrogen) atoms. The second-order valence-corrected chi connectivity index (χ2v) is 8.38. The number of benzene rings is 1. The molecule has 1 aromatic carbocycles. The van der Waals surface area contributed by atoms with E-state index in [1.807, 2.05) is 0 Å². The second-order valence-electron chi connectivity index (χ2n) is 7.39. The van der Waals surface area contributed by atoms with E-state index in [0.29, 0.717) is 31.6 Å². The van der Waals surface area contributed by atoms with Crippen molar-refractivity contribution in [2.75, 3.05) is 0 Å². The highest BCUT2D eigenvalue weighted by atomic mass is 32.1. The summed E-state index contributed by atoms with van der Waals surface area (Å²) in [6.45, 7) is 1.57. The Labute approximate surface area is 187 Å². The molecule has 4 heterocycles. The SMILES string of the molecule is Cc1c(C(N)=O)sc2ncn(Cc3nnn(C[C@H](O)c4cc5cc(F)ccc5o4)n3)c(=O)c12. The lowest BCUT2D eigenvalue weighted by Crippen LogP contribution is -2.22. The van der Waals surface area contributed by atoms with Crippen LogP contribution in [0.1, 0.15) is 32.9 Å². The number of fused-ring (bicyclic) bond motifs is 2. The van der Waals surface area contributed by atoms with Crippen LogP contribution >= 0.6 is 11.3 Å². The Morgan fingerprint density at radius 3 is 2.97 bits per heavy atom. The van der Waals surface area contributed by atoms with E-state index in [2.05, 4.69) is 20.4 Å². The van der Waals surface area contributed by atoms with Crippen molar-refractivity contribution >= 4 is 38.4 Å². The predicted octanol–water partition coefficient (Wildman–Crippen LogP) is 1.52. The van der Waals surface area contributed by atoms with Gasteiger partial charge in [0.2, 0.25) is 0 Å². The van der Waals surface area contributed by atoms with Gasteiger partial charge in [-0.25, -0.2) is 9.37 Å². The van der Waals surface area contributed by atoms with Crippen molar-refractivity contribution in [2.24, 2.45) is 5.73 Å². The maximum absolute atomic E-state index is 13.4. The van der Waals surface area contributed by atoms with Crippen LogP contribution in [-0.2, 0) is 13.1 Å². The number of aliphatic hydroxyl groups excluding tert-OH is 1. The summed E-state index contributed by atoms with van der Waals surface area (Å²) in [6.07, 6.45) is 0.248. The van der Waals surface area contributed by atoms with Gasteiger partial charge in [0.25, 0.3) is 11.5 Å². The number of primary amides is 1. The van der Waals surface area contributed by atoms with E-state index in [-0.39, 0.29) is 30.2 Å². The summed E-state index contributed by atoms with van der Waals surface area (Å²) in [6, 6.07) is 5.61. The quantitative estimate of drug-likeness (QED) is 0.379. The number of halogens is 1. The van der Waals surface area contributed by atoms with E-state index in [9.17, 15) is 19.1 Å². The number of tetrazole rings is 1. The van der Waals surface area contributed by atoms with Gasteiger partial charge < -0.3 is 15.3 Å². The number of hydrogen-bond donors (Lipinski definition) is 2. The maximum Gasteiger partial charge on any atom is 0.262 e. The van der Waals surface area contributed by atoms with Crippen molar-refractivity contribution in [3.63, 3.8) is 0 Å². The molecular weight excluding hydrogens is 453 g/mol. The standard InChI is InChI=1S/C20H16FN7O4S/c1-9-16-19(33-17(9)18(22)30)23-8-27(20(16)31)7-15-24-26-28(25-15)6-12(29)14-5-10-4-11(21)2-3-13(10)32-14/h2-5,8,12,29H,6-7H2,1H3,(H2,22,30)/t12-/m0/s1. The zero-order valence-electron chi connectivity index (χ0n) is 17.1. The second kappa shape index (κ2) is 7.86. The molecule has 0 radical (unpaired) electrons. The molecule has 0 aliphatic heterocycles.